The zero-order valence-electron chi connectivity index (χ0n) is 13.7. The average Bonchev–Trinajstić information content (AvgIpc) is 2.67. The molecule has 3 rings (SSSR count). The highest BCUT2D eigenvalue weighted by atomic mass is 19.4. The van der Waals surface area contributed by atoms with Crippen LogP contribution in [0, 0.1) is 28.5 Å². The molecule has 132 valence electrons. The van der Waals surface area contributed by atoms with Crippen LogP contribution in [0.15, 0.2) is 60.7 Å². The first-order valence-corrected chi connectivity index (χ1v) is 7.77. The second-order valence-electron chi connectivity index (χ2n) is 5.64. The molecule has 0 atom stereocenters. The zero-order valence-corrected chi connectivity index (χ0v) is 13.7. The average molecular weight is 366 g/mol. The molecule has 0 bridgehead atoms. The van der Waals surface area contributed by atoms with Gasteiger partial charge in [0.1, 0.15) is 17.7 Å². The fourth-order valence-corrected chi connectivity index (χ4v) is 2.99. The summed E-state index contributed by atoms with van der Waals surface area (Å²) in [5, 5.41) is 19.0. The number of alkyl halides is 3. The number of hydrogen-bond acceptors (Lipinski definition) is 2. The Hall–Kier alpha value is -3.64. The Morgan fingerprint density at radius 3 is 1.52 bits per heavy atom. The van der Waals surface area contributed by atoms with Crippen LogP contribution in [-0.2, 0) is 6.18 Å². The highest BCUT2D eigenvalue weighted by molar-refractivity contribution is 5.88. The van der Waals surface area contributed by atoms with E-state index in [1.165, 1.54) is 42.5 Å². The van der Waals surface area contributed by atoms with E-state index in [2.05, 4.69) is 0 Å². The van der Waals surface area contributed by atoms with Gasteiger partial charge in [-0.1, -0.05) is 60.7 Å². The summed E-state index contributed by atoms with van der Waals surface area (Å²) in [6.45, 7) is 0. The number of nitrogens with zero attached hydrogens (tertiary/aromatic N) is 2. The minimum Gasteiger partial charge on any atom is -0.205 e. The van der Waals surface area contributed by atoms with Crippen LogP contribution in [0.25, 0.3) is 22.3 Å². The Morgan fingerprint density at radius 1 is 0.667 bits per heavy atom. The van der Waals surface area contributed by atoms with Crippen LogP contribution in [0.4, 0.5) is 17.6 Å². The van der Waals surface area contributed by atoms with Crippen molar-refractivity contribution in [2.45, 2.75) is 6.18 Å². The summed E-state index contributed by atoms with van der Waals surface area (Å²) in [5.74, 6) is -1.68. The summed E-state index contributed by atoms with van der Waals surface area (Å²) in [7, 11) is 0. The summed E-state index contributed by atoms with van der Waals surface area (Å²) < 4.78 is 56.0. The molecule has 0 aliphatic rings. The number of rotatable bonds is 2. The third-order valence-corrected chi connectivity index (χ3v) is 4.07. The first-order chi connectivity index (χ1) is 12.9. The van der Waals surface area contributed by atoms with Crippen LogP contribution >= 0.6 is 0 Å². The minimum atomic E-state index is -5.08. The first-order valence-electron chi connectivity index (χ1n) is 7.77. The third kappa shape index (κ3) is 3.14. The molecule has 0 amide bonds. The molecule has 27 heavy (non-hydrogen) atoms. The summed E-state index contributed by atoms with van der Waals surface area (Å²) in [6, 6.07) is 18.5. The third-order valence-electron chi connectivity index (χ3n) is 4.07. The van der Waals surface area contributed by atoms with Crippen LogP contribution in [0.2, 0.25) is 0 Å². The highest BCUT2D eigenvalue weighted by Crippen LogP contribution is 2.45. The summed E-state index contributed by atoms with van der Waals surface area (Å²) >= 11 is 0. The second kappa shape index (κ2) is 6.93. The van der Waals surface area contributed by atoms with Gasteiger partial charge in [-0.15, -0.1) is 0 Å². The first kappa shape index (κ1) is 18.2. The maximum Gasteiger partial charge on any atom is 0.419 e. The Kier molecular flexibility index (Phi) is 4.66. The molecule has 3 aromatic carbocycles. The van der Waals surface area contributed by atoms with Crippen molar-refractivity contribution in [3.05, 3.63) is 83.2 Å². The molecule has 0 aliphatic carbocycles. The van der Waals surface area contributed by atoms with E-state index in [-0.39, 0.29) is 16.7 Å². The van der Waals surface area contributed by atoms with Gasteiger partial charge < -0.3 is 0 Å². The lowest BCUT2D eigenvalue weighted by molar-refractivity contribution is -0.139. The maximum atomic E-state index is 14.9. The lowest BCUT2D eigenvalue weighted by Gasteiger charge is -2.20. The molecular formula is C21H10F4N2. The molecule has 0 saturated heterocycles. The topological polar surface area (TPSA) is 47.6 Å². The number of benzene rings is 3. The minimum absolute atomic E-state index is 0.0435. The highest BCUT2D eigenvalue weighted by Gasteiger charge is 2.41. The van der Waals surface area contributed by atoms with Crippen molar-refractivity contribution in [2.75, 3.05) is 0 Å². The van der Waals surface area contributed by atoms with Crippen molar-refractivity contribution < 1.29 is 17.6 Å². The van der Waals surface area contributed by atoms with Crippen molar-refractivity contribution in [3.8, 4) is 34.4 Å². The molecule has 0 radical (unpaired) electrons. The standard InChI is InChI=1S/C21H10F4N2/c22-20-16(12-27)17(13-7-3-1-4-8-13)15(11-26)18(19(20)21(23,24)25)14-9-5-2-6-10-14/h1-10H. The second-order valence-corrected chi connectivity index (χ2v) is 5.64. The number of nitriles is 2. The predicted molar refractivity (Wildman–Crippen MR) is 91.7 cm³/mol. The normalized spacial score (nSPS) is 10.9. The van der Waals surface area contributed by atoms with E-state index in [1.807, 2.05) is 0 Å². The van der Waals surface area contributed by atoms with Gasteiger partial charge in [-0.25, -0.2) is 4.39 Å². The number of hydrogen-bond donors (Lipinski definition) is 0. The van der Waals surface area contributed by atoms with Gasteiger partial charge in [0.25, 0.3) is 0 Å². The molecule has 2 nitrogen and oxygen atoms in total. The summed E-state index contributed by atoms with van der Waals surface area (Å²) in [4.78, 5) is 0. The monoisotopic (exact) mass is 366 g/mol. The van der Waals surface area contributed by atoms with Crippen LogP contribution in [0.5, 0.6) is 0 Å². The SMILES string of the molecule is N#Cc1c(F)c(C(F)(F)F)c(-c2ccccc2)c(C#N)c1-c1ccccc1. The molecular weight excluding hydrogens is 356 g/mol. The molecule has 0 aliphatic heterocycles. The zero-order chi connectivity index (χ0) is 19.6. The Bertz CT molecular complexity index is 1070. The van der Waals surface area contributed by atoms with Crippen molar-refractivity contribution >= 4 is 0 Å². The van der Waals surface area contributed by atoms with E-state index >= 15 is 0 Å². The van der Waals surface area contributed by atoms with Gasteiger partial charge in [-0.2, -0.15) is 23.7 Å². The Labute approximate surface area is 152 Å². The van der Waals surface area contributed by atoms with Crippen molar-refractivity contribution in [2.24, 2.45) is 0 Å². The fraction of sp³-hybridized carbons (Fsp3) is 0.0476. The van der Waals surface area contributed by atoms with Gasteiger partial charge in [0.15, 0.2) is 5.82 Å². The van der Waals surface area contributed by atoms with Crippen LogP contribution < -0.4 is 0 Å². The largest absolute Gasteiger partial charge is 0.419 e. The van der Waals surface area contributed by atoms with Gasteiger partial charge in [-0.3, -0.25) is 0 Å². The van der Waals surface area contributed by atoms with Crippen molar-refractivity contribution in [1.82, 2.24) is 0 Å². The van der Waals surface area contributed by atoms with Gasteiger partial charge in [-0.05, 0) is 11.1 Å². The van der Waals surface area contributed by atoms with Gasteiger partial charge in [0.05, 0.1) is 11.1 Å². The van der Waals surface area contributed by atoms with Gasteiger partial charge in [0, 0.05) is 11.1 Å². The van der Waals surface area contributed by atoms with Gasteiger partial charge >= 0.3 is 6.18 Å². The predicted octanol–water partition coefficient (Wildman–Crippen LogP) is 5.92. The molecule has 0 fully saturated rings. The van der Waals surface area contributed by atoms with Crippen molar-refractivity contribution in [3.63, 3.8) is 0 Å². The molecule has 0 unspecified atom stereocenters. The van der Waals surface area contributed by atoms with Gasteiger partial charge in [0.2, 0.25) is 0 Å². The smallest absolute Gasteiger partial charge is 0.205 e. The van der Waals surface area contributed by atoms with Crippen LogP contribution in [0.1, 0.15) is 16.7 Å². The van der Waals surface area contributed by atoms with E-state index in [1.54, 1.807) is 30.3 Å². The quantitative estimate of drug-likeness (QED) is 0.529. The van der Waals surface area contributed by atoms with Crippen LogP contribution in [-0.4, -0.2) is 0 Å². The summed E-state index contributed by atoms with van der Waals surface area (Å²) in [5.41, 5.74) is -3.19. The molecule has 0 saturated carbocycles. The van der Waals surface area contributed by atoms with Crippen LogP contribution in [0.3, 0.4) is 0 Å². The maximum absolute atomic E-state index is 14.9. The molecule has 0 heterocycles. The molecule has 6 heteroatoms. The molecule has 3 aromatic rings. The van der Waals surface area contributed by atoms with E-state index in [0.717, 1.165) is 0 Å². The molecule has 0 N–H and O–H groups in total. The Morgan fingerprint density at radius 2 is 1.11 bits per heavy atom. The number of halogens is 4. The molecule has 0 spiro atoms. The van der Waals surface area contributed by atoms with Crippen molar-refractivity contribution in [1.29, 1.82) is 10.5 Å². The molecule has 0 aromatic heterocycles. The lowest BCUT2D eigenvalue weighted by Crippen LogP contribution is -2.14. The van der Waals surface area contributed by atoms with E-state index in [9.17, 15) is 28.1 Å². The lowest BCUT2D eigenvalue weighted by atomic mass is 9.85. The fourth-order valence-electron chi connectivity index (χ4n) is 2.99. The van der Waals surface area contributed by atoms with E-state index < -0.39 is 34.2 Å². The van der Waals surface area contributed by atoms with E-state index in [0.29, 0.717) is 0 Å². The summed E-state index contributed by atoms with van der Waals surface area (Å²) in [6.07, 6.45) is -5.08. The van der Waals surface area contributed by atoms with E-state index in [4.69, 9.17) is 0 Å². The Balaban J connectivity index is 2.58.